The topological polar surface area (TPSA) is 151 Å². The molecule has 20 heavy (non-hydrogen) atoms. The number of aromatic carboxylic acids is 1. The molecule has 0 saturated carbocycles. The first-order valence-corrected chi connectivity index (χ1v) is 6.86. The van der Waals surface area contributed by atoms with E-state index in [4.69, 9.17) is 9.63 Å². The van der Waals surface area contributed by atoms with Gasteiger partial charge in [-0.05, 0) is 13.8 Å². The molecule has 0 radical (unpaired) electrons. The zero-order chi connectivity index (χ0) is 14.9. The van der Waals surface area contributed by atoms with E-state index in [0.717, 1.165) is 0 Å². The Labute approximate surface area is 113 Å². The molecule has 0 spiro atoms. The van der Waals surface area contributed by atoms with E-state index in [-0.39, 0.29) is 18.1 Å². The Kier molecular flexibility index (Phi) is 3.55. The van der Waals surface area contributed by atoms with Gasteiger partial charge in [-0.15, -0.1) is 0 Å². The Balaban J connectivity index is 2.27. The maximum Gasteiger partial charge on any atom is 0.357 e. The Bertz CT molecular complexity index is 747. The van der Waals surface area contributed by atoms with Crippen LogP contribution in [-0.2, 0) is 16.6 Å². The van der Waals surface area contributed by atoms with Crippen LogP contribution in [0.25, 0.3) is 0 Å². The van der Waals surface area contributed by atoms with Crippen LogP contribution in [0.1, 0.15) is 27.9 Å². The van der Waals surface area contributed by atoms with Crippen molar-refractivity contribution < 1.29 is 22.8 Å². The molecule has 0 aliphatic heterocycles. The van der Waals surface area contributed by atoms with Gasteiger partial charge in [-0.1, -0.05) is 5.16 Å². The summed E-state index contributed by atoms with van der Waals surface area (Å²) in [5.41, 5.74) is -0.451. The molecule has 2 aromatic rings. The number of carboxylic acid groups (broad SMARTS) is 1. The van der Waals surface area contributed by atoms with Gasteiger partial charge in [-0.3, -0.25) is 5.10 Å². The number of H-pyrrole nitrogens is 1. The molecule has 11 heteroatoms. The van der Waals surface area contributed by atoms with Crippen LogP contribution in [0, 0.1) is 13.8 Å². The van der Waals surface area contributed by atoms with Crippen LogP contribution in [0.4, 0.5) is 0 Å². The SMILES string of the molecule is Cc1noc(CNS(=O)(=O)c2c(C(=O)O)n[nH]c2C)n1. The van der Waals surface area contributed by atoms with Crippen molar-refractivity contribution in [2.45, 2.75) is 25.3 Å². The number of nitrogens with one attached hydrogen (secondary N) is 2. The van der Waals surface area contributed by atoms with Gasteiger partial charge in [0.15, 0.2) is 11.5 Å². The number of hydrogen-bond acceptors (Lipinski definition) is 7. The van der Waals surface area contributed by atoms with Crippen molar-refractivity contribution in [3.63, 3.8) is 0 Å². The number of carbonyl (C=O) groups is 1. The van der Waals surface area contributed by atoms with E-state index in [0.29, 0.717) is 5.82 Å². The van der Waals surface area contributed by atoms with Crippen molar-refractivity contribution in [1.82, 2.24) is 25.1 Å². The normalized spacial score (nSPS) is 11.7. The van der Waals surface area contributed by atoms with Crippen LogP contribution >= 0.6 is 0 Å². The third-order valence-electron chi connectivity index (χ3n) is 2.35. The summed E-state index contributed by atoms with van der Waals surface area (Å²) in [5, 5.41) is 18.2. The van der Waals surface area contributed by atoms with E-state index in [9.17, 15) is 13.2 Å². The van der Waals surface area contributed by atoms with Gasteiger partial charge >= 0.3 is 5.97 Å². The molecule has 0 aliphatic carbocycles. The summed E-state index contributed by atoms with van der Waals surface area (Å²) in [5.74, 6) is -1.00. The molecule has 0 aliphatic rings. The summed E-state index contributed by atoms with van der Waals surface area (Å²) < 4.78 is 31.1. The molecular formula is C9H11N5O5S. The number of hydrogen-bond donors (Lipinski definition) is 3. The van der Waals surface area contributed by atoms with E-state index >= 15 is 0 Å². The molecular weight excluding hydrogens is 290 g/mol. The van der Waals surface area contributed by atoms with Crippen molar-refractivity contribution in [3.8, 4) is 0 Å². The van der Waals surface area contributed by atoms with Gasteiger partial charge in [0.2, 0.25) is 15.9 Å². The fourth-order valence-electron chi connectivity index (χ4n) is 1.53. The standard InChI is InChI=1S/C9H11N5O5S/c1-4-8(7(9(15)16)13-12-4)20(17,18)10-3-6-11-5(2)14-19-6/h10H,3H2,1-2H3,(H,12,13)(H,15,16). The predicted octanol–water partition coefficient (Wildman–Crippen LogP) is -0.414. The predicted molar refractivity (Wildman–Crippen MR) is 63.3 cm³/mol. The van der Waals surface area contributed by atoms with E-state index < -0.39 is 26.6 Å². The van der Waals surface area contributed by atoms with Crippen LogP contribution in [0.3, 0.4) is 0 Å². The van der Waals surface area contributed by atoms with Crippen LogP contribution in [-0.4, -0.2) is 39.8 Å². The average molecular weight is 301 g/mol. The van der Waals surface area contributed by atoms with E-state index in [2.05, 4.69) is 25.1 Å². The lowest BCUT2D eigenvalue weighted by Gasteiger charge is -2.04. The van der Waals surface area contributed by atoms with Gasteiger partial charge in [0, 0.05) is 0 Å². The van der Waals surface area contributed by atoms with Gasteiger partial charge in [-0.2, -0.15) is 10.1 Å². The fourth-order valence-corrected chi connectivity index (χ4v) is 2.83. The summed E-state index contributed by atoms with van der Waals surface area (Å²) in [6.45, 7) is 2.75. The van der Waals surface area contributed by atoms with Crippen molar-refractivity contribution in [2.24, 2.45) is 0 Å². The number of rotatable bonds is 5. The zero-order valence-electron chi connectivity index (χ0n) is 10.5. The van der Waals surface area contributed by atoms with E-state index in [1.807, 2.05) is 0 Å². The van der Waals surface area contributed by atoms with Gasteiger partial charge in [0.25, 0.3) is 0 Å². The lowest BCUT2D eigenvalue weighted by Crippen LogP contribution is -2.25. The largest absolute Gasteiger partial charge is 0.476 e. The highest BCUT2D eigenvalue weighted by molar-refractivity contribution is 7.89. The summed E-state index contributed by atoms with van der Waals surface area (Å²) in [6, 6.07) is 0. The third-order valence-corrected chi connectivity index (χ3v) is 3.91. The minimum Gasteiger partial charge on any atom is -0.476 e. The lowest BCUT2D eigenvalue weighted by molar-refractivity contribution is 0.0686. The van der Waals surface area contributed by atoms with E-state index in [1.54, 1.807) is 6.92 Å². The Morgan fingerprint density at radius 1 is 1.45 bits per heavy atom. The molecule has 2 aromatic heterocycles. The van der Waals surface area contributed by atoms with Crippen molar-refractivity contribution in [2.75, 3.05) is 0 Å². The van der Waals surface area contributed by atoms with Gasteiger partial charge in [0.1, 0.15) is 4.90 Å². The first kappa shape index (κ1) is 14.1. The second-order valence-corrected chi connectivity index (χ2v) is 5.60. The maximum atomic E-state index is 12.1. The molecule has 0 atom stereocenters. The minimum atomic E-state index is -4.06. The molecule has 108 valence electrons. The molecule has 0 aromatic carbocycles. The van der Waals surface area contributed by atoms with Gasteiger partial charge < -0.3 is 9.63 Å². The van der Waals surface area contributed by atoms with Crippen LogP contribution in [0.2, 0.25) is 0 Å². The minimum absolute atomic E-state index is 0.0732. The second kappa shape index (κ2) is 5.02. The number of aryl methyl sites for hydroxylation is 2. The van der Waals surface area contributed by atoms with Crippen molar-refractivity contribution in [1.29, 1.82) is 0 Å². The highest BCUT2D eigenvalue weighted by atomic mass is 32.2. The first-order valence-electron chi connectivity index (χ1n) is 5.38. The number of aromatic nitrogens is 4. The Hall–Kier alpha value is -2.27. The average Bonchev–Trinajstić information content (AvgIpc) is 2.93. The molecule has 0 unspecified atom stereocenters. The van der Waals surface area contributed by atoms with Crippen molar-refractivity contribution >= 4 is 16.0 Å². The fraction of sp³-hybridized carbons (Fsp3) is 0.333. The molecule has 2 rings (SSSR count). The summed E-state index contributed by atoms with van der Waals surface area (Å²) >= 11 is 0. The molecule has 0 saturated heterocycles. The summed E-state index contributed by atoms with van der Waals surface area (Å²) in [4.78, 5) is 14.4. The van der Waals surface area contributed by atoms with Crippen LogP contribution < -0.4 is 4.72 Å². The van der Waals surface area contributed by atoms with E-state index in [1.165, 1.54) is 6.92 Å². The number of nitrogens with zero attached hydrogens (tertiary/aromatic N) is 3. The van der Waals surface area contributed by atoms with Crippen LogP contribution in [0.15, 0.2) is 9.42 Å². The smallest absolute Gasteiger partial charge is 0.357 e. The monoisotopic (exact) mass is 301 g/mol. The zero-order valence-corrected chi connectivity index (χ0v) is 11.4. The van der Waals surface area contributed by atoms with Gasteiger partial charge in [-0.25, -0.2) is 17.9 Å². The summed E-state index contributed by atoms with van der Waals surface area (Å²) in [6.07, 6.45) is 0. The number of sulfonamides is 1. The quantitative estimate of drug-likeness (QED) is 0.673. The molecule has 0 amide bonds. The third kappa shape index (κ3) is 2.67. The Morgan fingerprint density at radius 3 is 2.70 bits per heavy atom. The second-order valence-electron chi connectivity index (χ2n) is 3.89. The number of aromatic amines is 1. The highest BCUT2D eigenvalue weighted by Crippen LogP contribution is 2.17. The lowest BCUT2D eigenvalue weighted by atomic mass is 10.4. The first-order chi connectivity index (χ1) is 9.31. The molecule has 0 fully saturated rings. The molecule has 3 N–H and O–H groups in total. The van der Waals surface area contributed by atoms with Crippen molar-refractivity contribution in [3.05, 3.63) is 23.1 Å². The maximum absolute atomic E-state index is 12.1. The molecule has 2 heterocycles. The summed E-state index contributed by atoms with van der Waals surface area (Å²) in [7, 11) is -4.06. The molecule has 0 bridgehead atoms. The number of carboxylic acids is 1. The molecule has 10 nitrogen and oxygen atoms in total. The Morgan fingerprint density at radius 2 is 2.15 bits per heavy atom. The highest BCUT2D eigenvalue weighted by Gasteiger charge is 2.28. The van der Waals surface area contributed by atoms with Crippen LogP contribution in [0.5, 0.6) is 0 Å². The van der Waals surface area contributed by atoms with Gasteiger partial charge in [0.05, 0.1) is 12.2 Å².